The highest BCUT2D eigenvalue weighted by Gasteiger charge is 2.28. The second-order valence-electron chi connectivity index (χ2n) is 5.86. The van der Waals surface area contributed by atoms with Gasteiger partial charge in [-0.2, -0.15) is 0 Å². The van der Waals surface area contributed by atoms with E-state index < -0.39 is 0 Å². The molecule has 0 heterocycles. The topological polar surface area (TPSA) is 58.6 Å². The molecule has 1 fully saturated rings. The number of esters is 1. The number of rotatable bonds is 8. The molecule has 0 amide bonds. The maximum Gasteiger partial charge on any atom is 0.308 e. The number of nitrogens with one attached hydrogen (secondary N) is 1. The lowest BCUT2D eigenvalue weighted by molar-refractivity contribution is -0.149. The molecule has 4 nitrogen and oxygen atoms in total. The number of hydrogen-bond acceptors (Lipinski definition) is 4. The first-order valence-electron chi connectivity index (χ1n) is 8.20. The van der Waals surface area contributed by atoms with E-state index in [1.807, 2.05) is 6.92 Å². The van der Waals surface area contributed by atoms with E-state index in [1.165, 1.54) is 0 Å². The predicted molar refractivity (Wildman–Crippen MR) is 80.5 cm³/mol. The maximum atomic E-state index is 11.8. The van der Waals surface area contributed by atoms with Gasteiger partial charge in [0.25, 0.3) is 0 Å². The van der Waals surface area contributed by atoms with Crippen molar-refractivity contribution in [3.05, 3.63) is 0 Å². The lowest BCUT2D eigenvalue weighted by Crippen LogP contribution is -2.42. The summed E-state index contributed by atoms with van der Waals surface area (Å²) in [6.45, 7) is 7.18. The number of aliphatic hydroxyl groups excluding tert-OH is 1. The Morgan fingerprint density at radius 3 is 2.60 bits per heavy atom. The molecule has 118 valence electrons. The van der Waals surface area contributed by atoms with Crippen LogP contribution in [0.15, 0.2) is 0 Å². The van der Waals surface area contributed by atoms with Crippen LogP contribution in [0.4, 0.5) is 0 Å². The van der Waals surface area contributed by atoms with E-state index in [0.717, 1.165) is 38.5 Å². The summed E-state index contributed by atoms with van der Waals surface area (Å²) in [5, 5.41) is 13.6. The molecule has 0 aliphatic heterocycles. The molecule has 3 atom stereocenters. The zero-order chi connectivity index (χ0) is 15.0. The van der Waals surface area contributed by atoms with E-state index in [2.05, 4.69) is 19.2 Å². The lowest BCUT2D eigenvalue weighted by Gasteiger charge is -2.30. The highest BCUT2D eigenvalue weighted by Crippen LogP contribution is 2.25. The minimum Gasteiger partial charge on any atom is -0.466 e. The van der Waals surface area contributed by atoms with Gasteiger partial charge < -0.3 is 15.2 Å². The Morgan fingerprint density at radius 1 is 1.30 bits per heavy atom. The van der Waals surface area contributed by atoms with Crippen molar-refractivity contribution in [2.45, 2.75) is 71.4 Å². The van der Waals surface area contributed by atoms with Crippen LogP contribution in [-0.4, -0.2) is 36.4 Å². The lowest BCUT2D eigenvalue weighted by atomic mass is 9.85. The third kappa shape index (κ3) is 5.41. The van der Waals surface area contributed by atoms with E-state index in [0.29, 0.717) is 25.1 Å². The van der Waals surface area contributed by atoms with E-state index in [9.17, 15) is 9.90 Å². The summed E-state index contributed by atoms with van der Waals surface area (Å²) >= 11 is 0. The largest absolute Gasteiger partial charge is 0.466 e. The number of ether oxygens (including phenoxy) is 1. The average molecular weight is 285 g/mol. The number of aliphatic hydroxyl groups is 1. The van der Waals surface area contributed by atoms with Crippen molar-refractivity contribution >= 4 is 5.97 Å². The van der Waals surface area contributed by atoms with Gasteiger partial charge in [0.15, 0.2) is 0 Å². The zero-order valence-electron chi connectivity index (χ0n) is 13.2. The molecule has 0 aromatic carbocycles. The monoisotopic (exact) mass is 285 g/mol. The number of hydrogen-bond donors (Lipinski definition) is 2. The molecule has 1 aliphatic carbocycles. The van der Waals surface area contributed by atoms with Crippen molar-refractivity contribution in [2.24, 2.45) is 11.8 Å². The molecule has 4 heteroatoms. The number of carbonyl (C=O) groups excluding carboxylic acids is 1. The standard InChI is InChI=1S/C16H31NO3/c1-4-12(5-2)15(18)11-17-14-9-7-8-13(10-14)16(19)20-6-3/h12-15,17-18H,4-11H2,1-3H3. The van der Waals surface area contributed by atoms with Crippen LogP contribution in [0.1, 0.15) is 59.3 Å². The van der Waals surface area contributed by atoms with Crippen molar-refractivity contribution in [1.29, 1.82) is 0 Å². The van der Waals surface area contributed by atoms with Gasteiger partial charge >= 0.3 is 5.97 Å². The smallest absolute Gasteiger partial charge is 0.308 e. The van der Waals surface area contributed by atoms with Gasteiger partial charge in [-0.3, -0.25) is 4.79 Å². The summed E-state index contributed by atoms with van der Waals surface area (Å²) < 4.78 is 5.11. The van der Waals surface area contributed by atoms with Crippen LogP contribution in [-0.2, 0) is 9.53 Å². The highest BCUT2D eigenvalue weighted by molar-refractivity contribution is 5.72. The Hall–Kier alpha value is -0.610. The van der Waals surface area contributed by atoms with E-state index >= 15 is 0 Å². The minimum atomic E-state index is -0.284. The van der Waals surface area contributed by atoms with Gasteiger partial charge in [0, 0.05) is 12.6 Å². The summed E-state index contributed by atoms with van der Waals surface area (Å²) in [5.41, 5.74) is 0. The van der Waals surface area contributed by atoms with Gasteiger partial charge in [-0.25, -0.2) is 0 Å². The average Bonchev–Trinajstić information content (AvgIpc) is 2.47. The Morgan fingerprint density at radius 2 is 2.00 bits per heavy atom. The van der Waals surface area contributed by atoms with Crippen LogP contribution >= 0.6 is 0 Å². The van der Waals surface area contributed by atoms with E-state index in [4.69, 9.17) is 4.74 Å². The van der Waals surface area contributed by atoms with Crippen LogP contribution in [0.3, 0.4) is 0 Å². The predicted octanol–water partition coefficient (Wildman–Crippen LogP) is 2.50. The molecule has 3 unspecified atom stereocenters. The normalized spacial score (nSPS) is 24.6. The molecule has 0 radical (unpaired) electrons. The molecule has 1 aliphatic rings. The van der Waals surface area contributed by atoms with Crippen molar-refractivity contribution < 1.29 is 14.6 Å². The molecular formula is C16H31NO3. The third-order valence-electron chi connectivity index (χ3n) is 4.50. The quantitative estimate of drug-likeness (QED) is 0.673. The van der Waals surface area contributed by atoms with Gasteiger partial charge in [-0.15, -0.1) is 0 Å². The van der Waals surface area contributed by atoms with Gasteiger partial charge in [0.05, 0.1) is 18.6 Å². The summed E-state index contributed by atoms with van der Waals surface area (Å²) in [6, 6.07) is 0.335. The van der Waals surface area contributed by atoms with E-state index in [-0.39, 0.29) is 18.0 Å². The Bertz CT molecular complexity index is 279. The maximum absolute atomic E-state index is 11.8. The fourth-order valence-corrected chi connectivity index (χ4v) is 3.14. The first-order valence-corrected chi connectivity index (χ1v) is 8.20. The second-order valence-corrected chi connectivity index (χ2v) is 5.86. The molecular weight excluding hydrogens is 254 g/mol. The Kier molecular flexibility index (Phi) is 8.15. The molecule has 2 N–H and O–H groups in total. The van der Waals surface area contributed by atoms with Gasteiger partial charge in [0.2, 0.25) is 0 Å². The van der Waals surface area contributed by atoms with Crippen LogP contribution in [0, 0.1) is 11.8 Å². The van der Waals surface area contributed by atoms with Crippen molar-refractivity contribution in [1.82, 2.24) is 5.32 Å². The molecule has 1 saturated carbocycles. The molecule has 0 bridgehead atoms. The number of carbonyl (C=O) groups is 1. The fourth-order valence-electron chi connectivity index (χ4n) is 3.14. The SMILES string of the molecule is CCOC(=O)C1CCCC(NCC(O)C(CC)CC)C1. The van der Waals surface area contributed by atoms with Gasteiger partial charge in [-0.05, 0) is 32.1 Å². The van der Waals surface area contributed by atoms with E-state index in [1.54, 1.807) is 0 Å². The third-order valence-corrected chi connectivity index (χ3v) is 4.50. The molecule has 20 heavy (non-hydrogen) atoms. The highest BCUT2D eigenvalue weighted by atomic mass is 16.5. The van der Waals surface area contributed by atoms with Crippen LogP contribution in [0.5, 0.6) is 0 Å². The second kappa shape index (κ2) is 9.35. The van der Waals surface area contributed by atoms with Crippen LogP contribution in [0.2, 0.25) is 0 Å². The van der Waals surface area contributed by atoms with Crippen molar-refractivity contribution in [3.8, 4) is 0 Å². The van der Waals surface area contributed by atoms with Crippen molar-refractivity contribution in [3.63, 3.8) is 0 Å². The molecule has 0 saturated heterocycles. The van der Waals surface area contributed by atoms with Gasteiger partial charge in [-0.1, -0.05) is 33.1 Å². The van der Waals surface area contributed by atoms with Crippen LogP contribution in [0.25, 0.3) is 0 Å². The molecule has 0 aromatic heterocycles. The van der Waals surface area contributed by atoms with Gasteiger partial charge in [0.1, 0.15) is 0 Å². The van der Waals surface area contributed by atoms with Crippen molar-refractivity contribution in [2.75, 3.05) is 13.2 Å². The summed E-state index contributed by atoms with van der Waals surface area (Å²) in [7, 11) is 0. The first kappa shape index (κ1) is 17.4. The Balaban J connectivity index is 2.35. The minimum absolute atomic E-state index is 0.0338. The Labute approximate surface area is 123 Å². The molecule has 0 aromatic rings. The fraction of sp³-hybridized carbons (Fsp3) is 0.938. The summed E-state index contributed by atoms with van der Waals surface area (Å²) in [5.74, 6) is 0.345. The summed E-state index contributed by atoms with van der Waals surface area (Å²) in [6.07, 6.45) is 5.66. The zero-order valence-corrected chi connectivity index (χ0v) is 13.2. The first-order chi connectivity index (χ1) is 9.62. The molecule has 1 rings (SSSR count). The van der Waals surface area contributed by atoms with Crippen LogP contribution < -0.4 is 5.32 Å². The summed E-state index contributed by atoms with van der Waals surface area (Å²) in [4.78, 5) is 11.8. The molecule has 0 spiro atoms.